The molecule has 0 aromatic carbocycles. The van der Waals surface area contributed by atoms with E-state index in [1.54, 1.807) is 0 Å². The highest BCUT2D eigenvalue weighted by atomic mass is 16.5. The van der Waals surface area contributed by atoms with Gasteiger partial charge in [-0.2, -0.15) is 0 Å². The van der Waals surface area contributed by atoms with E-state index in [1.807, 2.05) is 12.2 Å². The average Bonchev–Trinajstić information content (AvgIpc) is 2.02. The van der Waals surface area contributed by atoms with Crippen LogP contribution >= 0.6 is 0 Å². The van der Waals surface area contributed by atoms with Crippen LogP contribution in [0.25, 0.3) is 0 Å². The predicted molar refractivity (Wildman–Crippen MR) is 50.6 cm³/mol. The van der Waals surface area contributed by atoms with Gasteiger partial charge in [0, 0.05) is 6.42 Å². The Kier molecular flexibility index (Phi) is 8.07. The van der Waals surface area contributed by atoms with Gasteiger partial charge >= 0.3 is 0 Å². The molecular weight excluding hydrogens is 152 g/mol. The number of aliphatic hydroxyl groups excluding tert-OH is 1. The first kappa shape index (κ1) is 11.4. The summed E-state index contributed by atoms with van der Waals surface area (Å²) in [4.78, 5) is 0. The van der Waals surface area contributed by atoms with Crippen molar-refractivity contribution < 1.29 is 10.2 Å². The maximum atomic E-state index is 8.50. The largest absolute Gasteiger partial charge is 0.368 e. The second-order valence-electron chi connectivity index (χ2n) is 2.75. The maximum absolute atomic E-state index is 8.50. The average molecular weight is 170 g/mol. The minimum Gasteiger partial charge on any atom is -0.368 e. The molecule has 0 rings (SSSR count). The number of allylic oxidation sites excluding steroid dienone is 3. The van der Waals surface area contributed by atoms with Crippen LogP contribution in [0, 0.1) is 0 Å². The van der Waals surface area contributed by atoms with Gasteiger partial charge in [0.05, 0.1) is 0 Å². The maximum Gasteiger partial charge on any atom is 0.151 e. The molecule has 0 aromatic heterocycles. The first-order chi connectivity index (χ1) is 5.77. The Morgan fingerprint density at radius 2 is 1.75 bits per heavy atom. The SMILES string of the molecule is C=CCCCC=CCCC(O)O. The predicted octanol–water partition coefficient (Wildman–Crippen LogP) is 1.99. The highest BCUT2D eigenvalue weighted by molar-refractivity contribution is 4.82. The Balaban J connectivity index is 3.08. The lowest BCUT2D eigenvalue weighted by Gasteiger charge is -1.97. The number of unbranched alkanes of at least 4 members (excludes halogenated alkanes) is 2. The van der Waals surface area contributed by atoms with Crippen LogP contribution in [0.1, 0.15) is 32.1 Å². The van der Waals surface area contributed by atoms with Crippen molar-refractivity contribution in [3.8, 4) is 0 Å². The minimum atomic E-state index is -1.16. The van der Waals surface area contributed by atoms with Gasteiger partial charge in [0.15, 0.2) is 6.29 Å². The van der Waals surface area contributed by atoms with E-state index in [-0.39, 0.29) is 0 Å². The van der Waals surface area contributed by atoms with Gasteiger partial charge in [-0.25, -0.2) is 0 Å². The molecule has 0 bridgehead atoms. The minimum absolute atomic E-state index is 0.429. The van der Waals surface area contributed by atoms with Crippen molar-refractivity contribution >= 4 is 0 Å². The highest BCUT2D eigenvalue weighted by Gasteiger charge is 1.91. The van der Waals surface area contributed by atoms with Gasteiger partial charge in [-0.3, -0.25) is 0 Å². The van der Waals surface area contributed by atoms with E-state index in [2.05, 4.69) is 12.7 Å². The topological polar surface area (TPSA) is 40.5 Å². The Labute approximate surface area is 74.2 Å². The van der Waals surface area contributed by atoms with Gasteiger partial charge in [0.1, 0.15) is 0 Å². The van der Waals surface area contributed by atoms with Crippen molar-refractivity contribution in [2.75, 3.05) is 0 Å². The molecule has 0 heterocycles. The number of aliphatic hydroxyl groups is 2. The van der Waals surface area contributed by atoms with Crippen LogP contribution in [-0.2, 0) is 0 Å². The van der Waals surface area contributed by atoms with Crippen molar-refractivity contribution in [2.45, 2.75) is 38.4 Å². The molecule has 0 saturated carbocycles. The second-order valence-corrected chi connectivity index (χ2v) is 2.75. The van der Waals surface area contributed by atoms with Gasteiger partial charge in [0.2, 0.25) is 0 Å². The lowest BCUT2D eigenvalue weighted by Crippen LogP contribution is -2.01. The van der Waals surface area contributed by atoms with E-state index in [1.165, 1.54) is 0 Å². The Morgan fingerprint density at radius 3 is 2.33 bits per heavy atom. The van der Waals surface area contributed by atoms with Crippen molar-refractivity contribution in [3.05, 3.63) is 24.8 Å². The molecule has 0 aliphatic carbocycles. The summed E-state index contributed by atoms with van der Waals surface area (Å²) in [5.41, 5.74) is 0. The van der Waals surface area contributed by atoms with Crippen LogP contribution in [0.3, 0.4) is 0 Å². The molecule has 0 spiro atoms. The fourth-order valence-electron chi connectivity index (χ4n) is 0.861. The van der Waals surface area contributed by atoms with Crippen molar-refractivity contribution in [3.63, 3.8) is 0 Å². The lowest BCUT2D eigenvalue weighted by atomic mass is 10.2. The molecule has 0 atom stereocenters. The van der Waals surface area contributed by atoms with Crippen molar-refractivity contribution in [2.24, 2.45) is 0 Å². The molecule has 0 unspecified atom stereocenters. The molecule has 0 amide bonds. The zero-order chi connectivity index (χ0) is 9.23. The smallest absolute Gasteiger partial charge is 0.151 e. The van der Waals surface area contributed by atoms with Crippen LogP contribution in [0.5, 0.6) is 0 Å². The van der Waals surface area contributed by atoms with E-state index in [0.717, 1.165) is 25.7 Å². The number of hydrogen-bond acceptors (Lipinski definition) is 2. The van der Waals surface area contributed by atoms with E-state index in [0.29, 0.717) is 6.42 Å². The Morgan fingerprint density at radius 1 is 1.08 bits per heavy atom. The molecule has 0 saturated heterocycles. The number of hydrogen-bond donors (Lipinski definition) is 2. The quantitative estimate of drug-likeness (QED) is 0.348. The van der Waals surface area contributed by atoms with E-state index < -0.39 is 6.29 Å². The van der Waals surface area contributed by atoms with E-state index in [9.17, 15) is 0 Å². The van der Waals surface area contributed by atoms with Crippen LogP contribution in [-0.4, -0.2) is 16.5 Å². The summed E-state index contributed by atoms with van der Waals surface area (Å²) in [6.07, 6.45) is 9.20. The van der Waals surface area contributed by atoms with Gasteiger partial charge in [0.25, 0.3) is 0 Å². The van der Waals surface area contributed by atoms with Crippen LogP contribution in [0.4, 0.5) is 0 Å². The summed E-state index contributed by atoms with van der Waals surface area (Å²) in [7, 11) is 0. The van der Waals surface area contributed by atoms with Gasteiger partial charge in [-0.05, 0) is 25.7 Å². The van der Waals surface area contributed by atoms with Crippen LogP contribution in [0.15, 0.2) is 24.8 Å². The summed E-state index contributed by atoms with van der Waals surface area (Å²) in [5, 5.41) is 17.0. The molecule has 2 heteroatoms. The molecule has 0 fully saturated rings. The molecule has 0 aromatic rings. The zero-order valence-corrected chi connectivity index (χ0v) is 7.45. The summed E-state index contributed by atoms with van der Waals surface area (Å²) >= 11 is 0. The highest BCUT2D eigenvalue weighted by Crippen LogP contribution is 2.00. The fourth-order valence-corrected chi connectivity index (χ4v) is 0.861. The molecule has 2 N–H and O–H groups in total. The zero-order valence-electron chi connectivity index (χ0n) is 7.45. The first-order valence-electron chi connectivity index (χ1n) is 4.39. The van der Waals surface area contributed by atoms with Gasteiger partial charge in [-0.15, -0.1) is 6.58 Å². The molecule has 0 radical (unpaired) electrons. The van der Waals surface area contributed by atoms with Crippen molar-refractivity contribution in [1.29, 1.82) is 0 Å². The third-order valence-corrected chi connectivity index (χ3v) is 1.54. The lowest BCUT2D eigenvalue weighted by molar-refractivity contribution is -0.0442. The van der Waals surface area contributed by atoms with Crippen molar-refractivity contribution in [1.82, 2.24) is 0 Å². The normalized spacial score (nSPS) is 11.2. The fraction of sp³-hybridized carbons (Fsp3) is 0.600. The summed E-state index contributed by atoms with van der Waals surface area (Å²) in [5.74, 6) is 0. The van der Waals surface area contributed by atoms with E-state index in [4.69, 9.17) is 10.2 Å². The third kappa shape index (κ3) is 9.40. The van der Waals surface area contributed by atoms with Crippen LogP contribution < -0.4 is 0 Å². The molecule has 2 nitrogen and oxygen atoms in total. The first-order valence-corrected chi connectivity index (χ1v) is 4.39. The molecule has 0 aliphatic rings. The molecular formula is C10H18O2. The Bertz CT molecular complexity index is 128. The summed E-state index contributed by atoms with van der Waals surface area (Å²) in [6.45, 7) is 3.63. The van der Waals surface area contributed by atoms with Gasteiger partial charge < -0.3 is 10.2 Å². The molecule has 12 heavy (non-hydrogen) atoms. The summed E-state index contributed by atoms with van der Waals surface area (Å²) < 4.78 is 0. The standard InChI is InChI=1S/C10H18O2/c1-2-3-4-5-6-7-8-9-10(11)12/h2,6-7,10-12H,1,3-5,8-9H2. The van der Waals surface area contributed by atoms with E-state index >= 15 is 0 Å². The van der Waals surface area contributed by atoms with Gasteiger partial charge in [-0.1, -0.05) is 18.2 Å². The number of rotatable bonds is 7. The van der Waals surface area contributed by atoms with Crippen LogP contribution in [0.2, 0.25) is 0 Å². The molecule has 70 valence electrons. The monoisotopic (exact) mass is 170 g/mol. The summed E-state index contributed by atoms with van der Waals surface area (Å²) in [6, 6.07) is 0. The second kappa shape index (κ2) is 8.50. The molecule has 0 aliphatic heterocycles. The third-order valence-electron chi connectivity index (χ3n) is 1.54. The Hall–Kier alpha value is -0.600.